The van der Waals surface area contributed by atoms with Crippen molar-refractivity contribution in [2.45, 2.75) is 0 Å². The van der Waals surface area contributed by atoms with Gasteiger partial charge in [0.1, 0.15) is 0 Å². The molecule has 1 aliphatic heterocycles. The molecule has 5 heteroatoms. The molecule has 0 atom stereocenters. The zero-order valence-corrected chi connectivity index (χ0v) is 5.93. The molecule has 1 aromatic heterocycles. The molecular weight excluding hydrogens is 160 g/mol. The summed E-state index contributed by atoms with van der Waals surface area (Å²) in [4.78, 5) is 21.5. The topological polar surface area (TPSA) is 61.2 Å². The fourth-order valence-electron chi connectivity index (χ4n) is 0.915. The maximum absolute atomic E-state index is 10.9. The van der Waals surface area contributed by atoms with Crippen LogP contribution in [0.5, 0.6) is 0 Å². The third kappa shape index (κ3) is 0.914. The lowest BCUT2D eigenvalue weighted by Gasteiger charge is -1.95. The normalized spacial score (nSPS) is 16.2. The van der Waals surface area contributed by atoms with E-state index in [2.05, 4.69) is 9.84 Å². The van der Waals surface area contributed by atoms with Gasteiger partial charge in [0.2, 0.25) is 0 Å². The highest BCUT2D eigenvalue weighted by molar-refractivity contribution is 6.23. The first-order valence-electron chi connectivity index (χ1n) is 3.25. The summed E-state index contributed by atoms with van der Waals surface area (Å²) in [6.45, 7) is 0. The molecule has 0 aliphatic carbocycles. The number of carbonyl (C=O) groups excluding carboxylic acids is 2. The molecule has 0 aromatic carbocycles. The van der Waals surface area contributed by atoms with Crippen molar-refractivity contribution >= 4 is 17.6 Å². The van der Waals surface area contributed by atoms with Gasteiger partial charge in [-0.2, -0.15) is 5.10 Å². The van der Waals surface area contributed by atoms with Gasteiger partial charge in [-0.1, -0.05) is 0 Å². The summed E-state index contributed by atoms with van der Waals surface area (Å²) in [5.74, 6) is -1.31. The Kier molecular flexibility index (Phi) is 1.30. The maximum atomic E-state index is 10.9. The number of cyclic esters (lactones) is 2. The molecule has 2 rings (SSSR count). The third-order valence-electron chi connectivity index (χ3n) is 1.41. The lowest BCUT2D eigenvalue weighted by molar-refractivity contribution is -0.149. The van der Waals surface area contributed by atoms with Crippen LogP contribution in [0.4, 0.5) is 0 Å². The fraction of sp³-hybridized carbons (Fsp3) is 0. The van der Waals surface area contributed by atoms with E-state index in [4.69, 9.17) is 0 Å². The highest BCUT2D eigenvalue weighted by atomic mass is 16.6. The molecule has 1 aliphatic rings. The van der Waals surface area contributed by atoms with E-state index in [1.54, 1.807) is 12.3 Å². The van der Waals surface area contributed by atoms with Crippen LogP contribution in [-0.2, 0) is 14.3 Å². The van der Waals surface area contributed by atoms with Crippen LogP contribution in [0, 0.1) is 0 Å². The Labute approximate surface area is 67.2 Å². The predicted octanol–water partition coefficient (Wildman–Crippen LogP) is -0.193. The van der Waals surface area contributed by atoms with Crippen LogP contribution < -0.4 is 0 Å². The monoisotopic (exact) mass is 164 g/mol. The summed E-state index contributed by atoms with van der Waals surface area (Å²) < 4.78 is 5.55. The Balaban J connectivity index is 2.43. The Morgan fingerprint density at radius 3 is 2.75 bits per heavy atom. The first-order chi connectivity index (χ1) is 5.77. The van der Waals surface area contributed by atoms with Crippen molar-refractivity contribution in [3.63, 3.8) is 0 Å². The molecule has 60 valence electrons. The Bertz CT molecular complexity index is 364. The van der Waals surface area contributed by atoms with Crippen LogP contribution >= 0.6 is 0 Å². The van der Waals surface area contributed by atoms with Crippen molar-refractivity contribution in [3.8, 4) is 0 Å². The minimum Gasteiger partial charge on any atom is -0.385 e. The summed E-state index contributed by atoms with van der Waals surface area (Å²) in [5, 5.41) is 3.78. The number of ether oxygens (including phenoxy) is 1. The molecule has 1 aromatic rings. The number of hydrogen-bond donors (Lipinski definition) is 0. The number of rotatable bonds is 1. The largest absolute Gasteiger partial charge is 0.385 e. The Morgan fingerprint density at radius 1 is 1.42 bits per heavy atom. The van der Waals surface area contributed by atoms with E-state index in [-0.39, 0.29) is 5.70 Å². The average molecular weight is 164 g/mol. The van der Waals surface area contributed by atoms with Gasteiger partial charge in [-0.25, -0.2) is 14.3 Å². The van der Waals surface area contributed by atoms with Crippen molar-refractivity contribution in [1.82, 2.24) is 9.78 Å². The number of nitrogens with zero attached hydrogens (tertiary/aromatic N) is 2. The first kappa shape index (κ1) is 6.78. The van der Waals surface area contributed by atoms with Gasteiger partial charge in [-0.3, -0.25) is 0 Å². The van der Waals surface area contributed by atoms with Crippen LogP contribution in [0.15, 0.2) is 24.5 Å². The minimum absolute atomic E-state index is 0.144. The van der Waals surface area contributed by atoms with Gasteiger partial charge in [0, 0.05) is 12.4 Å². The highest BCUT2D eigenvalue weighted by Crippen LogP contribution is 2.11. The molecule has 0 fully saturated rings. The van der Waals surface area contributed by atoms with Crippen molar-refractivity contribution in [1.29, 1.82) is 0 Å². The molecule has 0 N–H and O–H groups in total. The van der Waals surface area contributed by atoms with E-state index in [0.29, 0.717) is 0 Å². The predicted molar refractivity (Wildman–Crippen MR) is 37.6 cm³/mol. The van der Waals surface area contributed by atoms with Crippen LogP contribution in [0.25, 0.3) is 5.70 Å². The summed E-state index contributed by atoms with van der Waals surface area (Å²) in [6.07, 6.45) is 4.18. The van der Waals surface area contributed by atoms with E-state index in [0.717, 1.165) is 6.08 Å². The second-order valence-electron chi connectivity index (χ2n) is 2.19. The van der Waals surface area contributed by atoms with E-state index in [9.17, 15) is 9.59 Å². The molecule has 0 amide bonds. The van der Waals surface area contributed by atoms with Crippen molar-refractivity contribution in [2.75, 3.05) is 0 Å². The standard InChI is InChI=1S/C7H4N2O3/c10-6-4-5(7(11)12-6)9-3-1-2-8-9/h1-4H. The number of aromatic nitrogens is 2. The quantitative estimate of drug-likeness (QED) is 0.426. The highest BCUT2D eigenvalue weighted by Gasteiger charge is 2.25. The van der Waals surface area contributed by atoms with E-state index >= 15 is 0 Å². The summed E-state index contributed by atoms with van der Waals surface area (Å²) >= 11 is 0. The van der Waals surface area contributed by atoms with Crippen LogP contribution in [0.1, 0.15) is 0 Å². The van der Waals surface area contributed by atoms with Crippen LogP contribution in [0.3, 0.4) is 0 Å². The molecular formula is C7H4N2O3. The fourth-order valence-corrected chi connectivity index (χ4v) is 0.915. The van der Waals surface area contributed by atoms with E-state index in [1.807, 2.05) is 0 Å². The summed E-state index contributed by atoms with van der Waals surface area (Å²) in [6, 6.07) is 1.65. The van der Waals surface area contributed by atoms with Gasteiger partial charge >= 0.3 is 11.9 Å². The van der Waals surface area contributed by atoms with Gasteiger partial charge in [-0.15, -0.1) is 0 Å². The second kappa shape index (κ2) is 2.30. The summed E-state index contributed by atoms with van der Waals surface area (Å²) in [5.41, 5.74) is 0.144. The van der Waals surface area contributed by atoms with Gasteiger partial charge < -0.3 is 4.74 Å². The number of carbonyl (C=O) groups is 2. The third-order valence-corrected chi connectivity index (χ3v) is 1.41. The van der Waals surface area contributed by atoms with Crippen LogP contribution in [-0.4, -0.2) is 21.7 Å². The molecule has 0 bridgehead atoms. The molecule has 2 heterocycles. The van der Waals surface area contributed by atoms with Crippen molar-refractivity contribution in [2.24, 2.45) is 0 Å². The maximum Gasteiger partial charge on any atom is 0.365 e. The van der Waals surface area contributed by atoms with Gasteiger partial charge in [-0.05, 0) is 6.07 Å². The zero-order valence-electron chi connectivity index (χ0n) is 5.93. The lowest BCUT2D eigenvalue weighted by Crippen LogP contribution is -2.06. The van der Waals surface area contributed by atoms with Gasteiger partial charge in [0.05, 0.1) is 6.08 Å². The van der Waals surface area contributed by atoms with E-state index in [1.165, 1.54) is 10.9 Å². The van der Waals surface area contributed by atoms with Crippen molar-refractivity contribution < 1.29 is 14.3 Å². The molecule has 12 heavy (non-hydrogen) atoms. The van der Waals surface area contributed by atoms with Gasteiger partial charge in [0.25, 0.3) is 0 Å². The minimum atomic E-state index is -0.663. The lowest BCUT2D eigenvalue weighted by atomic mass is 10.4. The molecule has 0 radical (unpaired) electrons. The molecule has 0 saturated heterocycles. The molecule has 0 saturated carbocycles. The Hall–Kier alpha value is -1.91. The molecule has 0 spiro atoms. The first-order valence-corrected chi connectivity index (χ1v) is 3.25. The van der Waals surface area contributed by atoms with Crippen LogP contribution in [0.2, 0.25) is 0 Å². The zero-order chi connectivity index (χ0) is 8.55. The number of esters is 2. The molecule has 0 unspecified atom stereocenters. The summed E-state index contributed by atoms with van der Waals surface area (Å²) in [7, 11) is 0. The molecule has 5 nitrogen and oxygen atoms in total. The van der Waals surface area contributed by atoms with Gasteiger partial charge in [0.15, 0.2) is 5.70 Å². The smallest absolute Gasteiger partial charge is 0.365 e. The average Bonchev–Trinajstić information content (AvgIpc) is 2.58. The van der Waals surface area contributed by atoms with Crippen molar-refractivity contribution in [3.05, 3.63) is 24.5 Å². The Morgan fingerprint density at radius 2 is 2.25 bits per heavy atom. The number of hydrogen-bond acceptors (Lipinski definition) is 4. The van der Waals surface area contributed by atoms with E-state index < -0.39 is 11.9 Å². The SMILES string of the molecule is O=C1C=C(n2cccn2)C(=O)O1. The second-order valence-corrected chi connectivity index (χ2v) is 2.19.